The number of alkyl halides is 3. The molecule has 0 aliphatic carbocycles. The number of carbonyl (C=O) groups is 2. The fraction of sp³-hybridized carbons (Fsp3) is 0.231. The van der Waals surface area contributed by atoms with Crippen molar-refractivity contribution in [3.8, 4) is 0 Å². The van der Waals surface area contributed by atoms with Crippen molar-refractivity contribution in [2.75, 3.05) is 5.32 Å². The second kappa shape index (κ2) is 6.87. The molecule has 0 bridgehead atoms. The Hall–Kier alpha value is -2.38. The smallest absolute Gasteiger partial charge is 0.389 e. The van der Waals surface area contributed by atoms with Gasteiger partial charge in [-0.15, -0.1) is 0 Å². The highest BCUT2D eigenvalue weighted by Crippen LogP contribution is 2.22. The summed E-state index contributed by atoms with van der Waals surface area (Å²) in [5.74, 6) is -3.04. The Kier molecular flexibility index (Phi) is 5.45. The van der Waals surface area contributed by atoms with E-state index in [1.54, 1.807) is 0 Å². The number of aliphatic carboxylic acids is 1. The Bertz CT molecular complexity index is 567. The predicted molar refractivity (Wildman–Crippen MR) is 67.0 cm³/mol. The van der Waals surface area contributed by atoms with Crippen LogP contribution in [-0.4, -0.2) is 23.2 Å². The summed E-state index contributed by atoms with van der Waals surface area (Å²) in [6.07, 6.45) is -4.61. The Morgan fingerprint density at radius 3 is 2.48 bits per heavy atom. The zero-order valence-corrected chi connectivity index (χ0v) is 10.6. The van der Waals surface area contributed by atoms with Crippen LogP contribution in [0, 0.1) is 5.82 Å². The number of anilines is 1. The number of carboxylic acid groups (broad SMARTS) is 1. The van der Waals surface area contributed by atoms with Crippen LogP contribution in [0.4, 0.5) is 23.2 Å². The van der Waals surface area contributed by atoms with E-state index < -0.39 is 36.7 Å². The highest BCUT2D eigenvalue weighted by Gasteiger charge is 2.28. The highest BCUT2D eigenvalue weighted by atomic mass is 19.4. The molecule has 1 aromatic rings. The molecule has 0 aromatic heterocycles. The maximum atomic E-state index is 13.6. The van der Waals surface area contributed by atoms with Crippen molar-refractivity contribution in [3.63, 3.8) is 0 Å². The molecule has 114 valence electrons. The van der Waals surface area contributed by atoms with Crippen LogP contribution in [0.15, 0.2) is 24.3 Å². The lowest BCUT2D eigenvalue weighted by Crippen LogP contribution is -2.17. The van der Waals surface area contributed by atoms with Gasteiger partial charge in [0.15, 0.2) is 0 Å². The lowest BCUT2D eigenvalue weighted by molar-refractivity contribution is -0.142. The van der Waals surface area contributed by atoms with E-state index in [0.29, 0.717) is 0 Å². The number of amides is 1. The van der Waals surface area contributed by atoms with Gasteiger partial charge in [-0.2, -0.15) is 13.2 Å². The molecule has 0 heterocycles. The monoisotopic (exact) mass is 305 g/mol. The molecule has 1 aromatic carbocycles. The molecule has 0 aliphatic heterocycles. The van der Waals surface area contributed by atoms with E-state index in [9.17, 15) is 27.2 Å². The highest BCUT2D eigenvalue weighted by molar-refractivity contribution is 5.91. The average molecular weight is 305 g/mol. The van der Waals surface area contributed by atoms with Crippen molar-refractivity contribution >= 4 is 23.6 Å². The van der Waals surface area contributed by atoms with Gasteiger partial charge < -0.3 is 10.4 Å². The number of halogens is 4. The topological polar surface area (TPSA) is 66.4 Å². The second-order valence-electron chi connectivity index (χ2n) is 4.07. The third-order valence-electron chi connectivity index (χ3n) is 2.32. The van der Waals surface area contributed by atoms with Gasteiger partial charge in [0.1, 0.15) is 5.82 Å². The second-order valence-corrected chi connectivity index (χ2v) is 4.07. The van der Waals surface area contributed by atoms with E-state index in [4.69, 9.17) is 5.11 Å². The quantitative estimate of drug-likeness (QED) is 0.648. The Morgan fingerprint density at radius 1 is 1.29 bits per heavy atom. The normalized spacial score (nSPS) is 11.6. The average Bonchev–Trinajstić information content (AvgIpc) is 2.36. The molecule has 1 amide bonds. The largest absolute Gasteiger partial charge is 0.478 e. The first kappa shape index (κ1) is 16.7. The first-order valence-corrected chi connectivity index (χ1v) is 5.74. The molecule has 0 atom stereocenters. The molecule has 0 aliphatic rings. The van der Waals surface area contributed by atoms with Crippen LogP contribution in [0.2, 0.25) is 0 Å². The van der Waals surface area contributed by atoms with E-state index >= 15 is 0 Å². The minimum Gasteiger partial charge on any atom is -0.478 e. The number of hydrogen-bond acceptors (Lipinski definition) is 2. The summed E-state index contributed by atoms with van der Waals surface area (Å²) >= 11 is 0. The van der Waals surface area contributed by atoms with Crippen molar-refractivity contribution in [1.29, 1.82) is 0 Å². The number of benzene rings is 1. The number of nitrogens with one attached hydrogen (secondary N) is 1. The van der Waals surface area contributed by atoms with Gasteiger partial charge in [0.2, 0.25) is 5.91 Å². The molecule has 1 rings (SSSR count). The summed E-state index contributed by atoms with van der Waals surface area (Å²) < 4.78 is 49.4. The molecule has 2 N–H and O–H groups in total. The minimum atomic E-state index is -4.46. The Labute approximate surface area is 117 Å². The molecule has 0 unspecified atom stereocenters. The molecule has 0 radical (unpaired) electrons. The molecular weight excluding hydrogens is 294 g/mol. The van der Waals surface area contributed by atoms with Gasteiger partial charge in [-0.25, -0.2) is 9.18 Å². The van der Waals surface area contributed by atoms with Crippen LogP contribution in [0.1, 0.15) is 18.4 Å². The third-order valence-corrected chi connectivity index (χ3v) is 2.32. The number of hydrogen-bond donors (Lipinski definition) is 2. The maximum absolute atomic E-state index is 13.6. The van der Waals surface area contributed by atoms with E-state index in [0.717, 1.165) is 24.3 Å². The first-order valence-electron chi connectivity index (χ1n) is 5.74. The van der Waals surface area contributed by atoms with E-state index in [-0.39, 0.29) is 11.3 Å². The van der Waals surface area contributed by atoms with Crippen LogP contribution < -0.4 is 5.32 Å². The van der Waals surface area contributed by atoms with Crippen LogP contribution in [-0.2, 0) is 9.59 Å². The lowest BCUT2D eigenvalue weighted by Gasteiger charge is -2.08. The van der Waals surface area contributed by atoms with Crippen LogP contribution in [0.5, 0.6) is 0 Å². The van der Waals surface area contributed by atoms with E-state index in [2.05, 4.69) is 0 Å². The summed E-state index contributed by atoms with van der Waals surface area (Å²) in [5, 5.41) is 10.4. The summed E-state index contributed by atoms with van der Waals surface area (Å²) in [7, 11) is 0. The van der Waals surface area contributed by atoms with Gasteiger partial charge in [-0.1, -0.05) is 6.07 Å². The molecule has 0 spiro atoms. The maximum Gasteiger partial charge on any atom is 0.389 e. The summed E-state index contributed by atoms with van der Waals surface area (Å²) in [6, 6.07) is 3.42. The molecule has 21 heavy (non-hydrogen) atoms. The summed E-state index contributed by atoms with van der Waals surface area (Å²) in [6.45, 7) is 0. The lowest BCUT2D eigenvalue weighted by atomic mass is 10.1. The molecule has 0 fully saturated rings. The van der Waals surface area contributed by atoms with Gasteiger partial charge in [-0.05, 0) is 23.8 Å². The SMILES string of the molecule is O=C(O)C=Cc1ccc(NC(=O)CCC(F)(F)F)c(F)c1. The number of carbonyl (C=O) groups excluding carboxylic acids is 1. The van der Waals surface area contributed by atoms with Crippen molar-refractivity contribution in [2.45, 2.75) is 19.0 Å². The molecule has 0 saturated carbocycles. The van der Waals surface area contributed by atoms with Gasteiger partial charge in [0.25, 0.3) is 0 Å². The van der Waals surface area contributed by atoms with Crippen LogP contribution in [0.3, 0.4) is 0 Å². The third kappa shape index (κ3) is 6.55. The number of rotatable bonds is 5. The Balaban J connectivity index is 2.68. The summed E-state index contributed by atoms with van der Waals surface area (Å²) in [5.41, 5.74) is -0.0298. The van der Waals surface area contributed by atoms with Crippen LogP contribution >= 0.6 is 0 Å². The van der Waals surface area contributed by atoms with Gasteiger partial charge >= 0.3 is 12.1 Å². The van der Waals surface area contributed by atoms with Gasteiger partial charge in [0, 0.05) is 12.5 Å². The molecule has 8 heteroatoms. The van der Waals surface area contributed by atoms with E-state index in [1.165, 1.54) is 6.07 Å². The number of carboxylic acids is 1. The minimum absolute atomic E-state index is 0.239. The zero-order valence-electron chi connectivity index (χ0n) is 10.6. The zero-order chi connectivity index (χ0) is 16.0. The van der Waals surface area contributed by atoms with Crippen molar-refractivity contribution in [1.82, 2.24) is 0 Å². The van der Waals surface area contributed by atoms with Crippen molar-refractivity contribution < 1.29 is 32.3 Å². The molecular formula is C13H11F4NO3. The van der Waals surface area contributed by atoms with Gasteiger partial charge in [-0.3, -0.25) is 4.79 Å². The summed E-state index contributed by atoms with van der Waals surface area (Å²) in [4.78, 5) is 21.5. The van der Waals surface area contributed by atoms with Gasteiger partial charge in [0.05, 0.1) is 12.1 Å². The van der Waals surface area contributed by atoms with Crippen molar-refractivity contribution in [2.24, 2.45) is 0 Å². The molecule has 4 nitrogen and oxygen atoms in total. The fourth-order valence-electron chi connectivity index (χ4n) is 1.37. The molecule has 0 saturated heterocycles. The van der Waals surface area contributed by atoms with Crippen LogP contribution in [0.25, 0.3) is 6.08 Å². The fourth-order valence-corrected chi connectivity index (χ4v) is 1.37. The standard InChI is InChI=1S/C13H11F4NO3/c14-9-7-8(2-4-12(20)21)1-3-10(9)18-11(19)5-6-13(15,16)17/h1-4,7H,5-6H2,(H,18,19)(H,20,21). The Morgan fingerprint density at radius 2 is 1.95 bits per heavy atom. The predicted octanol–water partition coefficient (Wildman–Crippen LogP) is 3.20. The van der Waals surface area contributed by atoms with Crippen molar-refractivity contribution in [3.05, 3.63) is 35.7 Å². The van der Waals surface area contributed by atoms with E-state index in [1.807, 2.05) is 5.32 Å². The first-order chi connectivity index (χ1) is 9.67.